The molecule has 0 aliphatic rings. The van der Waals surface area contributed by atoms with Gasteiger partial charge in [-0.2, -0.15) is 0 Å². The molecular formula is C40H50N6O2. The summed E-state index contributed by atoms with van der Waals surface area (Å²) in [7, 11) is 2.03. The molecule has 1 aromatic heterocycles. The molecule has 0 aliphatic heterocycles. The van der Waals surface area contributed by atoms with Crippen LogP contribution in [0.4, 0.5) is 0 Å². The topological polar surface area (TPSA) is 91.3 Å². The first-order valence-electron chi connectivity index (χ1n) is 17.4. The number of hydrogen-bond acceptors (Lipinski definition) is 5. The van der Waals surface area contributed by atoms with Crippen LogP contribution in [0.1, 0.15) is 79.8 Å². The normalized spacial score (nSPS) is 12.8. The summed E-state index contributed by atoms with van der Waals surface area (Å²) in [5, 5.41) is 12.0. The van der Waals surface area contributed by atoms with E-state index in [0.717, 1.165) is 77.7 Å². The molecule has 8 nitrogen and oxygen atoms in total. The van der Waals surface area contributed by atoms with Crippen molar-refractivity contribution in [3.05, 3.63) is 114 Å². The van der Waals surface area contributed by atoms with Crippen LogP contribution in [0.25, 0.3) is 21.8 Å². The molecule has 3 N–H and O–H groups in total. The van der Waals surface area contributed by atoms with Crippen molar-refractivity contribution >= 4 is 33.6 Å². The number of rotatable bonds is 17. The molecular weight excluding hydrogens is 596 g/mol. The van der Waals surface area contributed by atoms with Gasteiger partial charge in [0, 0.05) is 19.2 Å². The Kier molecular flexibility index (Phi) is 12.4. The Bertz CT molecular complexity index is 1790. The van der Waals surface area contributed by atoms with Crippen LogP contribution in [0.15, 0.2) is 91.0 Å². The molecule has 252 valence electrons. The second-order valence-electron chi connectivity index (χ2n) is 12.7. The van der Waals surface area contributed by atoms with Gasteiger partial charge in [0.15, 0.2) is 0 Å². The van der Waals surface area contributed by atoms with E-state index in [9.17, 15) is 9.59 Å². The van der Waals surface area contributed by atoms with Gasteiger partial charge in [0.25, 0.3) is 5.91 Å². The van der Waals surface area contributed by atoms with E-state index in [4.69, 9.17) is 4.98 Å². The summed E-state index contributed by atoms with van der Waals surface area (Å²) in [5.41, 5.74) is 4.76. The fourth-order valence-electron chi connectivity index (χ4n) is 6.46. The molecule has 0 radical (unpaired) electrons. The van der Waals surface area contributed by atoms with Crippen LogP contribution >= 0.6 is 0 Å². The van der Waals surface area contributed by atoms with E-state index in [1.165, 1.54) is 0 Å². The Labute approximate surface area is 284 Å². The summed E-state index contributed by atoms with van der Waals surface area (Å²) in [5.74, 6) is 0.564. The number of aryl methyl sites for hydroxylation is 1. The summed E-state index contributed by atoms with van der Waals surface area (Å²) in [6, 6.07) is 29.2. The van der Waals surface area contributed by atoms with Crippen LogP contribution < -0.4 is 16.0 Å². The van der Waals surface area contributed by atoms with E-state index in [1.54, 1.807) is 0 Å². The quantitative estimate of drug-likeness (QED) is 0.102. The molecule has 8 heteroatoms. The Morgan fingerprint density at radius 1 is 0.812 bits per heavy atom. The SMILES string of the molecule is CCCN(CCC)CCCC(NC(=O)c1ccc(CNCc2nc3ccccc3n2C)cc1)C(=O)N[C@@H](C)c1cccc2ccccc12. The second kappa shape index (κ2) is 17.0. The number of nitrogens with zero attached hydrogens (tertiary/aromatic N) is 3. The zero-order valence-corrected chi connectivity index (χ0v) is 28.8. The first kappa shape index (κ1) is 34.8. The summed E-state index contributed by atoms with van der Waals surface area (Å²) < 4.78 is 2.11. The van der Waals surface area contributed by atoms with Gasteiger partial charge >= 0.3 is 0 Å². The monoisotopic (exact) mass is 646 g/mol. The fraction of sp³-hybridized carbons (Fsp3) is 0.375. The lowest BCUT2D eigenvalue weighted by atomic mass is 9.99. The van der Waals surface area contributed by atoms with E-state index in [0.29, 0.717) is 25.1 Å². The van der Waals surface area contributed by atoms with Gasteiger partial charge in [0.05, 0.1) is 23.6 Å². The Hall–Kier alpha value is -4.53. The standard InChI is InChI=1S/C40H50N6O2/c1-5-24-46(25-6-2)26-12-18-36(40(48)42-29(3)33-16-11-14-31-13-7-8-15-34(31)33)44-39(47)32-22-20-30(21-23-32)27-41-28-38-43-35-17-9-10-19-37(35)45(38)4/h7-11,13-17,19-23,29,36,41H,5-6,12,18,24-28H2,1-4H3,(H,42,48)(H,44,47)/t29-,36?/m0/s1. The third-order valence-electron chi connectivity index (χ3n) is 9.03. The van der Waals surface area contributed by atoms with Gasteiger partial charge in [-0.05, 0) is 98.4 Å². The van der Waals surface area contributed by atoms with Crippen LogP contribution in [0.2, 0.25) is 0 Å². The van der Waals surface area contributed by atoms with Crippen molar-refractivity contribution in [1.82, 2.24) is 30.4 Å². The number of benzene rings is 4. The number of nitrogens with one attached hydrogen (secondary N) is 3. The van der Waals surface area contributed by atoms with Crippen molar-refractivity contribution in [2.45, 2.75) is 71.6 Å². The maximum absolute atomic E-state index is 13.8. The van der Waals surface area contributed by atoms with Gasteiger partial charge in [-0.3, -0.25) is 9.59 Å². The van der Waals surface area contributed by atoms with Crippen molar-refractivity contribution in [1.29, 1.82) is 0 Å². The van der Waals surface area contributed by atoms with Crippen molar-refractivity contribution < 1.29 is 9.59 Å². The smallest absolute Gasteiger partial charge is 0.251 e. The maximum atomic E-state index is 13.8. The number of imidazole rings is 1. The lowest BCUT2D eigenvalue weighted by molar-refractivity contribution is -0.123. The van der Waals surface area contributed by atoms with Gasteiger partial charge in [-0.1, -0.05) is 80.6 Å². The highest BCUT2D eigenvalue weighted by Crippen LogP contribution is 2.24. The average Bonchev–Trinajstić information content (AvgIpc) is 3.42. The minimum absolute atomic E-state index is 0.163. The molecule has 4 aromatic carbocycles. The highest BCUT2D eigenvalue weighted by molar-refractivity contribution is 5.97. The minimum atomic E-state index is -0.644. The summed E-state index contributed by atoms with van der Waals surface area (Å²) in [4.78, 5) is 34.4. The number of fused-ring (bicyclic) bond motifs is 2. The van der Waals surface area contributed by atoms with Crippen molar-refractivity contribution in [3.8, 4) is 0 Å². The Morgan fingerprint density at radius 2 is 1.52 bits per heavy atom. The summed E-state index contributed by atoms with van der Waals surface area (Å²) >= 11 is 0. The highest BCUT2D eigenvalue weighted by Gasteiger charge is 2.24. The van der Waals surface area contributed by atoms with Gasteiger partial charge in [0.2, 0.25) is 5.91 Å². The third kappa shape index (κ3) is 8.88. The lowest BCUT2D eigenvalue weighted by Crippen LogP contribution is -2.47. The Morgan fingerprint density at radius 3 is 2.27 bits per heavy atom. The van der Waals surface area contributed by atoms with E-state index in [-0.39, 0.29) is 17.9 Å². The molecule has 0 bridgehead atoms. The van der Waals surface area contributed by atoms with Crippen molar-refractivity contribution in [2.24, 2.45) is 7.05 Å². The predicted octanol–water partition coefficient (Wildman–Crippen LogP) is 6.89. The predicted molar refractivity (Wildman–Crippen MR) is 196 cm³/mol. The molecule has 0 saturated carbocycles. The van der Waals surface area contributed by atoms with Crippen molar-refractivity contribution in [2.75, 3.05) is 19.6 Å². The van der Waals surface area contributed by atoms with Gasteiger partial charge < -0.3 is 25.4 Å². The molecule has 1 heterocycles. The number of amides is 2. The molecule has 1 unspecified atom stereocenters. The lowest BCUT2D eigenvalue weighted by Gasteiger charge is -2.25. The van der Waals surface area contributed by atoms with Gasteiger partial charge in [-0.25, -0.2) is 4.98 Å². The van der Waals surface area contributed by atoms with E-state index in [2.05, 4.69) is 69.6 Å². The Balaban J connectivity index is 1.22. The van der Waals surface area contributed by atoms with Crippen LogP contribution in [-0.4, -0.2) is 51.9 Å². The van der Waals surface area contributed by atoms with E-state index >= 15 is 0 Å². The zero-order valence-electron chi connectivity index (χ0n) is 28.8. The molecule has 0 fully saturated rings. The highest BCUT2D eigenvalue weighted by atomic mass is 16.2. The number of para-hydroxylation sites is 2. The van der Waals surface area contributed by atoms with Crippen molar-refractivity contribution in [3.63, 3.8) is 0 Å². The van der Waals surface area contributed by atoms with Crippen LogP contribution in [0.5, 0.6) is 0 Å². The molecule has 2 amide bonds. The van der Waals surface area contributed by atoms with Gasteiger partial charge in [-0.15, -0.1) is 0 Å². The van der Waals surface area contributed by atoms with Crippen LogP contribution in [-0.2, 0) is 24.9 Å². The molecule has 0 saturated heterocycles. The second-order valence-corrected chi connectivity index (χ2v) is 12.7. The van der Waals surface area contributed by atoms with E-state index < -0.39 is 6.04 Å². The third-order valence-corrected chi connectivity index (χ3v) is 9.03. The van der Waals surface area contributed by atoms with Crippen LogP contribution in [0.3, 0.4) is 0 Å². The molecule has 5 aromatic rings. The average molecular weight is 647 g/mol. The molecule has 2 atom stereocenters. The zero-order chi connectivity index (χ0) is 33.9. The number of carbonyl (C=O) groups excluding carboxylic acids is 2. The number of carbonyl (C=O) groups is 2. The minimum Gasteiger partial charge on any atom is -0.348 e. The first-order valence-corrected chi connectivity index (χ1v) is 17.4. The first-order chi connectivity index (χ1) is 23.4. The van der Waals surface area contributed by atoms with E-state index in [1.807, 2.05) is 74.6 Å². The molecule has 0 aliphatic carbocycles. The van der Waals surface area contributed by atoms with Crippen LogP contribution in [0, 0.1) is 0 Å². The number of hydrogen-bond donors (Lipinski definition) is 3. The summed E-state index contributed by atoms with van der Waals surface area (Å²) in [6.07, 6.45) is 3.56. The fourth-order valence-corrected chi connectivity index (χ4v) is 6.46. The summed E-state index contributed by atoms with van der Waals surface area (Å²) in [6.45, 7) is 10.6. The molecule has 0 spiro atoms. The number of aromatic nitrogens is 2. The molecule has 5 rings (SSSR count). The van der Waals surface area contributed by atoms with Gasteiger partial charge in [0.1, 0.15) is 11.9 Å². The molecule has 48 heavy (non-hydrogen) atoms. The maximum Gasteiger partial charge on any atom is 0.251 e. The largest absolute Gasteiger partial charge is 0.348 e.